The second kappa shape index (κ2) is 13.1. The summed E-state index contributed by atoms with van der Waals surface area (Å²) >= 11 is 0. The van der Waals surface area contributed by atoms with Crippen LogP contribution in [0, 0.1) is 0 Å². The number of rotatable bonds is 12. The van der Waals surface area contributed by atoms with Crippen LogP contribution in [0.4, 0.5) is 0 Å². The Bertz CT molecular complexity index is 190. The Balaban J connectivity index is 3.50. The maximum atomic E-state index is 9.73. The van der Waals surface area contributed by atoms with Crippen LogP contribution in [0.25, 0.3) is 0 Å². The Morgan fingerprint density at radius 2 is 1.06 bits per heavy atom. The first-order chi connectivity index (χ1) is 8.70. The molecule has 0 saturated carbocycles. The molecule has 0 aromatic rings. The molecule has 2 unspecified atom stereocenters. The molecule has 0 fully saturated rings. The van der Waals surface area contributed by atoms with Gasteiger partial charge in [-0.1, -0.05) is 77.4 Å². The fourth-order valence-corrected chi connectivity index (χ4v) is 2.01. The minimum Gasteiger partial charge on any atom is -0.389 e. The molecule has 0 rings (SSSR count). The van der Waals surface area contributed by atoms with E-state index in [0.29, 0.717) is 0 Å². The Morgan fingerprint density at radius 3 is 1.56 bits per heavy atom. The fraction of sp³-hybridized carbons (Fsp3) is 0.875. The lowest BCUT2D eigenvalue weighted by Crippen LogP contribution is -2.06. The summed E-state index contributed by atoms with van der Waals surface area (Å²) in [6.07, 6.45) is 13.9. The summed E-state index contributed by atoms with van der Waals surface area (Å²) in [5.41, 5.74) is 0. The zero-order chi connectivity index (χ0) is 13.6. The van der Waals surface area contributed by atoms with E-state index in [1.807, 2.05) is 0 Å². The summed E-state index contributed by atoms with van der Waals surface area (Å²) in [7, 11) is 0. The second-order valence-electron chi connectivity index (χ2n) is 5.22. The van der Waals surface area contributed by atoms with E-state index in [4.69, 9.17) is 0 Å². The third-order valence-electron chi connectivity index (χ3n) is 3.26. The van der Waals surface area contributed by atoms with E-state index < -0.39 is 0 Å². The van der Waals surface area contributed by atoms with E-state index in [2.05, 4.69) is 13.8 Å². The van der Waals surface area contributed by atoms with Gasteiger partial charge >= 0.3 is 0 Å². The van der Waals surface area contributed by atoms with Crippen LogP contribution in [0.15, 0.2) is 12.2 Å². The summed E-state index contributed by atoms with van der Waals surface area (Å²) in [4.78, 5) is 0. The summed E-state index contributed by atoms with van der Waals surface area (Å²) in [6, 6.07) is 0. The van der Waals surface area contributed by atoms with Crippen LogP contribution < -0.4 is 0 Å². The van der Waals surface area contributed by atoms with E-state index in [1.165, 1.54) is 38.5 Å². The number of aliphatic hydroxyl groups is 2. The number of hydrogen-bond acceptors (Lipinski definition) is 2. The molecule has 0 aliphatic rings. The first kappa shape index (κ1) is 17.7. The van der Waals surface area contributed by atoms with Gasteiger partial charge in [-0.25, -0.2) is 0 Å². The summed E-state index contributed by atoms with van der Waals surface area (Å²) in [6.45, 7) is 4.36. The van der Waals surface area contributed by atoms with E-state index >= 15 is 0 Å². The molecule has 0 saturated heterocycles. The SMILES string of the molecule is CCCCCCCC(O)C=CC(O)CCCCC. The van der Waals surface area contributed by atoms with Crippen molar-refractivity contribution in [2.24, 2.45) is 0 Å². The quantitative estimate of drug-likeness (QED) is 0.406. The monoisotopic (exact) mass is 256 g/mol. The topological polar surface area (TPSA) is 40.5 Å². The Morgan fingerprint density at radius 1 is 0.667 bits per heavy atom. The van der Waals surface area contributed by atoms with Gasteiger partial charge in [-0.15, -0.1) is 0 Å². The molecule has 108 valence electrons. The smallest absolute Gasteiger partial charge is 0.0721 e. The molecule has 18 heavy (non-hydrogen) atoms. The molecule has 0 aromatic carbocycles. The highest BCUT2D eigenvalue weighted by molar-refractivity contribution is 4.93. The van der Waals surface area contributed by atoms with Crippen LogP contribution in [0.2, 0.25) is 0 Å². The van der Waals surface area contributed by atoms with E-state index in [1.54, 1.807) is 12.2 Å². The van der Waals surface area contributed by atoms with Gasteiger partial charge in [-0.2, -0.15) is 0 Å². The summed E-state index contributed by atoms with van der Waals surface area (Å²) in [5, 5.41) is 19.4. The highest BCUT2D eigenvalue weighted by atomic mass is 16.3. The van der Waals surface area contributed by atoms with Crippen LogP contribution >= 0.6 is 0 Å². The zero-order valence-corrected chi connectivity index (χ0v) is 12.3. The molecule has 0 spiro atoms. The molecule has 2 nitrogen and oxygen atoms in total. The lowest BCUT2D eigenvalue weighted by molar-refractivity contribution is 0.192. The average Bonchev–Trinajstić information content (AvgIpc) is 2.36. The molecule has 0 bridgehead atoms. The van der Waals surface area contributed by atoms with Crippen LogP contribution in [-0.2, 0) is 0 Å². The van der Waals surface area contributed by atoms with Gasteiger partial charge in [0, 0.05) is 0 Å². The van der Waals surface area contributed by atoms with Crippen molar-refractivity contribution in [3.8, 4) is 0 Å². The lowest BCUT2D eigenvalue weighted by Gasteiger charge is -2.08. The molecule has 0 aliphatic carbocycles. The predicted molar refractivity (Wildman–Crippen MR) is 78.7 cm³/mol. The first-order valence-corrected chi connectivity index (χ1v) is 7.75. The number of hydrogen-bond donors (Lipinski definition) is 2. The number of aliphatic hydroxyl groups excluding tert-OH is 2. The van der Waals surface area contributed by atoms with Crippen LogP contribution in [0.3, 0.4) is 0 Å². The van der Waals surface area contributed by atoms with E-state index in [0.717, 1.165) is 25.7 Å². The third kappa shape index (κ3) is 12.1. The van der Waals surface area contributed by atoms with Gasteiger partial charge in [0.2, 0.25) is 0 Å². The highest BCUT2D eigenvalue weighted by Gasteiger charge is 2.02. The molecular weight excluding hydrogens is 224 g/mol. The van der Waals surface area contributed by atoms with E-state index in [-0.39, 0.29) is 12.2 Å². The summed E-state index contributed by atoms with van der Waals surface area (Å²) in [5.74, 6) is 0. The molecular formula is C16H32O2. The van der Waals surface area contributed by atoms with Crippen molar-refractivity contribution >= 4 is 0 Å². The van der Waals surface area contributed by atoms with Gasteiger partial charge in [-0.3, -0.25) is 0 Å². The second-order valence-corrected chi connectivity index (χ2v) is 5.22. The van der Waals surface area contributed by atoms with Gasteiger partial charge in [0.1, 0.15) is 0 Å². The van der Waals surface area contributed by atoms with Crippen molar-refractivity contribution in [2.45, 2.75) is 90.3 Å². The number of unbranched alkanes of at least 4 members (excludes halogenated alkanes) is 6. The van der Waals surface area contributed by atoms with E-state index in [9.17, 15) is 10.2 Å². The molecule has 2 atom stereocenters. The first-order valence-electron chi connectivity index (χ1n) is 7.75. The fourth-order valence-electron chi connectivity index (χ4n) is 2.01. The van der Waals surface area contributed by atoms with Crippen LogP contribution in [-0.4, -0.2) is 22.4 Å². The molecule has 0 amide bonds. The standard InChI is InChI=1S/C16H32O2/c1-3-5-7-8-10-12-16(18)14-13-15(17)11-9-6-4-2/h13-18H,3-12H2,1-2H3. The maximum Gasteiger partial charge on any atom is 0.0721 e. The molecule has 0 aromatic heterocycles. The van der Waals surface area contributed by atoms with Gasteiger partial charge < -0.3 is 10.2 Å². The molecule has 0 radical (unpaired) electrons. The van der Waals surface area contributed by atoms with Crippen molar-refractivity contribution < 1.29 is 10.2 Å². The molecule has 0 aliphatic heterocycles. The van der Waals surface area contributed by atoms with Crippen molar-refractivity contribution in [1.29, 1.82) is 0 Å². The highest BCUT2D eigenvalue weighted by Crippen LogP contribution is 2.09. The molecule has 2 N–H and O–H groups in total. The van der Waals surface area contributed by atoms with Gasteiger partial charge in [0.15, 0.2) is 0 Å². The average molecular weight is 256 g/mol. The van der Waals surface area contributed by atoms with Gasteiger partial charge in [-0.05, 0) is 12.8 Å². The largest absolute Gasteiger partial charge is 0.389 e. The Kier molecular flexibility index (Phi) is 12.9. The minimum atomic E-state index is -0.383. The van der Waals surface area contributed by atoms with Crippen LogP contribution in [0.5, 0.6) is 0 Å². The zero-order valence-electron chi connectivity index (χ0n) is 12.3. The predicted octanol–water partition coefficient (Wildman–Crippen LogP) is 4.21. The lowest BCUT2D eigenvalue weighted by atomic mass is 10.1. The van der Waals surface area contributed by atoms with Gasteiger partial charge in [0.05, 0.1) is 12.2 Å². The van der Waals surface area contributed by atoms with Crippen LogP contribution in [0.1, 0.15) is 78.1 Å². The minimum absolute atomic E-state index is 0.382. The Labute approximate surface area is 113 Å². The van der Waals surface area contributed by atoms with Crippen molar-refractivity contribution in [2.75, 3.05) is 0 Å². The maximum absolute atomic E-state index is 9.73. The molecule has 2 heteroatoms. The van der Waals surface area contributed by atoms with Gasteiger partial charge in [0.25, 0.3) is 0 Å². The normalized spacial score (nSPS) is 15.1. The molecule has 0 heterocycles. The Hall–Kier alpha value is -0.340. The van der Waals surface area contributed by atoms with Crippen molar-refractivity contribution in [3.05, 3.63) is 12.2 Å². The summed E-state index contributed by atoms with van der Waals surface area (Å²) < 4.78 is 0. The van der Waals surface area contributed by atoms with Crippen molar-refractivity contribution in [1.82, 2.24) is 0 Å². The third-order valence-corrected chi connectivity index (χ3v) is 3.26. The van der Waals surface area contributed by atoms with Crippen molar-refractivity contribution in [3.63, 3.8) is 0 Å².